The lowest BCUT2D eigenvalue weighted by Crippen LogP contribution is -1.84. The van der Waals surface area contributed by atoms with E-state index in [4.69, 9.17) is 0 Å². The molecular formula is C5H7N3. The average Bonchev–Trinajstić information content (AvgIpc) is 2.19. The van der Waals surface area contributed by atoms with Gasteiger partial charge in [-0.05, 0) is 6.92 Å². The fourth-order valence-corrected chi connectivity index (χ4v) is 0.450. The zero-order valence-electron chi connectivity index (χ0n) is 4.65. The van der Waals surface area contributed by atoms with E-state index < -0.39 is 0 Å². The van der Waals surface area contributed by atoms with Gasteiger partial charge in [0.2, 0.25) is 0 Å². The first-order valence-corrected chi connectivity index (χ1v) is 2.42. The number of hydrogen-bond donors (Lipinski definition) is 0. The lowest BCUT2D eigenvalue weighted by molar-refractivity contribution is 0.840. The summed E-state index contributed by atoms with van der Waals surface area (Å²) in [5.41, 5.74) is 0. The van der Waals surface area contributed by atoms with Gasteiger partial charge in [-0.3, -0.25) is 0 Å². The Labute approximate surface area is 47.6 Å². The number of nitrogens with zero attached hydrogens (tertiary/aromatic N) is 3. The lowest BCUT2D eigenvalue weighted by Gasteiger charge is -1.81. The molecule has 3 heteroatoms. The van der Waals surface area contributed by atoms with E-state index in [-0.39, 0.29) is 0 Å². The second kappa shape index (κ2) is 2.26. The Kier molecular flexibility index (Phi) is 1.42. The van der Waals surface area contributed by atoms with Crippen LogP contribution in [0.25, 0.3) is 6.20 Å². The molecule has 1 aromatic heterocycles. The van der Waals surface area contributed by atoms with E-state index in [1.807, 2.05) is 19.2 Å². The molecule has 0 aliphatic carbocycles. The van der Waals surface area contributed by atoms with Crippen LogP contribution < -0.4 is 0 Å². The fourth-order valence-electron chi connectivity index (χ4n) is 0.450. The Morgan fingerprint density at radius 1 is 1.62 bits per heavy atom. The molecule has 1 aromatic rings. The first-order valence-electron chi connectivity index (χ1n) is 2.42. The Balaban J connectivity index is 2.77. The Bertz CT molecular complexity index is 164. The van der Waals surface area contributed by atoms with E-state index in [1.54, 1.807) is 17.1 Å². The van der Waals surface area contributed by atoms with Crippen molar-refractivity contribution in [2.24, 2.45) is 0 Å². The molecule has 0 bridgehead atoms. The van der Waals surface area contributed by atoms with Gasteiger partial charge >= 0.3 is 0 Å². The van der Waals surface area contributed by atoms with Crippen LogP contribution in [0.15, 0.2) is 18.5 Å². The molecule has 0 aromatic carbocycles. The number of hydrogen-bond acceptors (Lipinski definition) is 2. The molecule has 1 heterocycles. The average molecular weight is 109 g/mol. The molecule has 0 aliphatic rings. The highest BCUT2D eigenvalue weighted by molar-refractivity contribution is 5.16. The number of allylic oxidation sites excluding steroid dienone is 1. The molecule has 0 radical (unpaired) electrons. The smallest absolute Gasteiger partial charge is 0.0697 e. The van der Waals surface area contributed by atoms with Crippen molar-refractivity contribution in [1.29, 1.82) is 0 Å². The van der Waals surface area contributed by atoms with Crippen molar-refractivity contribution in [1.82, 2.24) is 15.0 Å². The van der Waals surface area contributed by atoms with Crippen LogP contribution in [-0.4, -0.2) is 15.0 Å². The van der Waals surface area contributed by atoms with Crippen molar-refractivity contribution in [3.63, 3.8) is 0 Å². The number of aromatic nitrogens is 3. The minimum absolute atomic E-state index is 1.64. The van der Waals surface area contributed by atoms with Gasteiger partial charge in [-0.25, -0.2) is 4.68 Å². The predicted molar refractivity (Wildman–Crippen MR) is 31.0 cm³/mol. The van der Waals surface area contributed by atoms with Crippen LogP contribution in [0.4, 0.5) is 0 Å². The van der Waals surface area contributed by atoms with Crippen LogP contribution in [0.1, 0.15) is 6.92 Å². The molecule has 0 N–H and O–H groups in total. The van der Waals surface area contributed by atoms with E-state index in [1.165, 1.54) is 0 Å². The van der Waals surface area contributed by atoms with Gasteiger partial charge in [-0.1, -0.05) is 11.3 Å². The fraction of sp³-hybridized carbons (Fsp3) is 0.200. The maximum absolute atomic E-state index is 3.69. The summed E-state index contributed by atoms with van der Waals surface area (Å²) in [6.07, 6.45) is 7.14. The predicted octanol–water partition coefficient (Wildman–Crippen LogP) is 0.769. The van der Waals surface area contributed by atoms with Crippen LogP contribution >= 0.6 is 0 Å². The van der Waals surface area contributed by atoms with Crippen LogP contribution in [0.5, 0.6) is 0 Å². The van der Waals surface area contributed by atoms with Crippen molar-refractivity contribution in [2.45, 2.75) is 6.92 Å². The third kappa shape index (κ3) is 0.932. The van der Waals surface area contributed by atoms with E-state index in [9.17, 15) is 0 Å². The molecular weight excluding hydrogens is 102 g/mol. The van der Waals surface area contributed by atoms with E-state index in [2.05, 4.69) is 10.3 Å². The highest BCUT2D eigenvalue weighted by Gasteiger charge is 1.76. The molecule has 0 saturated carbocycles. The molecule has 1 rings (SSSR count). The van der Waals surface area contributed by atoms with Crippen LogP contribution in [0, 0.1) is 0 Å². The van der Waals surface area contributed by atoms with Crippen LogP contribution in [0.3, 0.4) is 0 Å². The van der Waals surface area contributed by atoms with Crippen molar-refractivity contribution in [3.8, 4) is 0 Å². The molecule has 3 nitrogen and oxygen atoms in total. The molecule has 42 valence electrons. The first kappa shape index (κ1) is 5.03. The SMILES string of the molecule is C/C=C/n1ccnn1. The monoisotopic (exact) mass is 109 g/mol. The second-order valence-electron chi connectivity index (χ2n) is 1.37. The quantitative estimate of drug-likeness (QED) is 0.533. The minimum atomic E-state index is 1.64. The van der Waals surface area contributed by atoms with E-state index in [0.717, 1.165) is 0 Å². The number of rotatable bonds is 1. The van der Waals surface area contributed by atoms with Gasteiger partial charge in [-0.15, -0.1) is 5.10 Å². The Morgan fingerprint density at radius 2 is 2.50 bits per heavy atom. The highest BCUT2D eigenvalue weighted by atomic mass is 15.4. The summed E-state index contributed by atoms with van der Waals surface area (Å²) in [6, 6.07) is 0. The molecule has 0 aliphatic heterocycles. The van der Waals surface area contributed by atoms with Crippen molar-refractivity contribution >= 4 is 6.20 Å². The summed E-state index contributed by atoms with van der Waals surface area (Å²) in [4.78, 5) is 0. The normalized spacial score (nSPS) is 10.6. The zero-order chi connectivity index (χ0) is 5.82. The minimum Gasteiger partial charge on any atom is -0.228 e. The van der Waals surface area contributed by atoms with E-state index in [0.29, 0.717) is 0 Å². The summed E-state index contributed by atoms with van der Waals surface area (Å²) >= 11 is 0. The largest absolute Gasteiger partial charge is 0.228 e. The highest BCUT2D eigenvalue weighted by Crippen LogP contribution is 1.79. The van der Waals surface area contributed by atoms with Crippen LogP contribution in [0.2, 0.25) is 0 Å². The first-order chi connectivity index (χ1) is 3.93. The van der Waals surface area contributed by atoms with Gasteiger partial charge in [0.1, 0.15) is 0 Å². The molecule has 0 spiro atoms. The third-order valence-electron chi connectivity index (χ3n) is 0.743. The second-order valence-corrected chi connectivity index (χ2v) is 1.37. The molecule has 0 amide bonds. The van der Waals surface area contributed by atoms with Gasteiger partial charge < -0.3 is 0 Å². The summed E-state index contributed by atoms with van der Waals surface area (Å²) in [7, 11) is 0. The summed E-state index contributed by atoms with van der Waals surface area (Å²) in [5.74, 6) is 0. The lowest BCUT2D eigenvalue weighted by atomic mass is 10.7. The summed E-state index contributed by atoms with van der Waals surface area (Å²) in [6.45, 7) is 1.93. The summed E-state index contributed by atoms with van der Waals surface area (Å²) in [5, 5.41) is 7.29. The molecule has 0 unspecified atom stereocenters. The van der Waals surface area contributed by atoms with Crippen molar-refractivity contribution in [2.75, 3.05) is 0 Å². The van der Waals surface area contributed by atoms with Gasteiger partial charge in [0.25, 0.3) is 0 Å². The molecule has 0 fully saturated rings. The van der Waals surface area contributed by atoms with Gasteiger partial charge in [-0.2, -0.15) is 0 Å². The molecule has 0 saturated heterocycles. The summed E-state index contributed by atoms with van der Waals surface area (Å²) < 4.78 is 1.64. The standard InChI is InChI=1S/C5H7N3/c1-2-4-8-5-3-6-7-8/h2-5H,1H3/b4-2+. The molecule has 0 atom stereocenters. The van der Waals surface area contributed by atoms with Gasteiger partial charge in [0.15, 0.2) is 0 Å². The maximum Gasteiger partial charge on any atom is 0.0697 e. The molecule has 8 heavy (non-hydrogen) atoms. The van der Waals surface area contributed by atoms with Crippen LogP contribution in [-0.2, 0) is 0 Å². The maximum atomic E-state index is 3.69. The Morgan fingerprint density at radius 3 is 3.00 bits per heavy atom. The zero-order valence-corrected chi connectivity index (χ0v) is 4.65. The topological polar surface area (TPSA) is 30.7 Å². The van der Waals surface area contributed by atoms with Gasteiger partial charge in [0, 0.05) is 6.20 Å². The van der Waals surface area contributed by atoms with Crippen molar-refractivity contribution in [3.05, 3.63) is 18.5 Å². The third-order valence-corrected chi connectivity index (χ3v) is 0.743. The van der Waals surface area contributed by atoms with E-state index >= 15 is 0 Å². The Hall–Kier alpha value is -1.12. The van der Waals surface area contributed by atoms with Gasteiger partial charge in [0.05, 0.1) is 12.4 Å². The van der Waals surface area contributed by atoms with Crippen molar-refractivity contribution < 1.29 is 0 Å².